The van der Waals surface area contributed by atoms with Gasteiger partial charge in [-0.2, -0.15) is 0 Å². The Kier molecular flexibility index (Phi) is 4.31. The van der Waals surface area contributed by atoms with Gasteiger partial charge in [0.25, 0.3) is 5.91 Å². The topological polar surface area (TPSA) is 55.6 Å². The number of methoxy groups -OCH3 is 1. The summed E-state index contributed by atoms with van der Waals surface area (Å²) in [5.74, 6) is -0.0502. The molecule has 0 aromatic heterocycles. The first-order valence-corrected chi connectivity index (χ1v) is 5.17. The second-order valence-electron chi connectivity index (χ2n) is 3.77. The SMILES string of the molecule is COC(C)C(=O)N(C)Cc1ccccc1N. The molecule has 1 aromatic carbocycles. The fourth-order valence-electron chi connectivity index (χ4n) is 1.42. The van der Waals surface area contributed by atoms with E-state index in [-0.39, 0.29) is 5.91 Å². The molecule has 1 rings (SSSR count). The van der Waals surface area contributed by atoms with Crippen LogP contribution >= 0.6 is 0 Å². The Bertz CT molecular complexity index is 366. The summed E-state index contributed by atoms with van der Waals surface area (Å²) in [6, 6.07) is 7.52. The van der Waals surface area contributed by atoms with Gasteiger partial charge >= 0.3 is 0 Å². The normalized spacial score (nSPS) is 12.2. The number of likely N-dealkylation sites (N-methyl/N-ethyl adjacent to an activating group) is 1. The molecule has 0 aliphatic carbocycles. The fourth-order valence-corrected chi connectivity index (χ4v) is 1.42. The summed E-state index contributed by atoms with van der Waals surface area (Å²) in [7, 11) is 3.26. The molecule has 0 saturated carbocycles. The summed E-state index contributed by atoms with van der Waals surface area (Å²) in [6.45, 7) is 2.23. The van der Waals surface area contributed by atoms with Crippen LogP contribution in [0.25, 0.3) is 0 Å². The van der Waals surface area contributed by atoms with E-state index in [0.29, 0.717) is 12.2 Å². The van der Waals surface area contributed by atoms with Gasteiger partial charge in [0.15, 0.2) is 0 Å². The molecular formula is C12H18N2O2. The number of rotatable bonds is 4. The van der Waals surface area contributed by atoms with Crippen LogP contribution in [-0.2, 0) is 16.1 Å². The minimum atomic E-state index is -0.421. The highest BCUT2D eigenvalue weighted by Gasteiger charge is 2.17. The number of hydrogen-bond donors (Lipinski definition) is 1. The van der Waals surface area contributed by atoms with Gasteiger partial charge in [0.1, 0.15) is 6.10 Å². The number of ether oxygens (including phenoxy) is 1. The average molecular weight is 222 g/mol. The second-order valence-corrected chi connectivity index (χ2v) is 3.77. The van der Waals surface area contributed by atoms with E-state index < -0.39 is 6.10 Å². The van der Waals surface area contributed by atoms with Crippen LogP contribution in [0.4, 0.5) is 5.69 Å². The van der Waals surface area contributed by atoms with Crippen LogP contribution in [0.2, 0.25) is 0 Å². The Balaban J connectivity index is 2.68. The molecular weight excluding hydrogens is 204 g/mol. The monoisotopic (exact) mass is 222 g/mol. The first-order chi connectivity index (χ1) is 7.56. The lowest BCUT2D eigenvalue weighted by molar-refractivity contribution is -0.140. The zero-order chi connectivity index (χ0) is 12.1. The number of para-hydroxylation sites is 1. The zero-order valence-corrected chi connectivity index (χ0v) is 9.93. The van der Waals surface area contributed by atoms with Crippen LogP contribution in [0, 0.1) is 0 Å². The van der Waals surface area contributed by atoms with E-state index in [1.807, 2.05) is 24.3 Å². The molecule has 4 nitrogen and oxygen atoms in total. The lowest BCUT2D eigenvalue weighted by Gasteiger charge is -2.21. The number of nitrogens with two attached hydrogens (primary N) is 1. The van der Waals surface area contributed by atoms with E-state index in [2.05, 4.69) is 0 Å². The molecule has 0 bridgehead atoms. The molecule has 0 spiro atoms. The Labute approximate surface area is 96.0 Å². The molecule has 0 aliphatic rings. The molecule has 0 radical (unpaired) electrons. The van der Waals surface area contributed by atoms with Crippen molar-refractivity contribution in [3.8, 4) is 0 Å². The average Bonchev–Trinajstić information content (AvgIpc) is 2.30. The highest BCUT2D eigenvalue weighted by molar-refractivity contribution is 5.80. The van der Waals surface area contributed by atoms with Crippen molar-refractivity contribution in [3.63, 3.8) is 0 Å². The van der Waals surface area contributed by atoms with Crippen molar-refractivity contribution in [1.29, 1.82) is 0 Å². The molecule has 88 valence electrons. The first-order valence-electron chi connectivity index (χ1n) is 5.17. The molecule has 4 heteroatoms. The van der Waals surface area contributed by atoms with Gasteiger partial charge in [-0.25, -0.2) is 0 Å². The van der Waals surface area contributed by atoms with Crippen molar-refractivity contribution in [2.75, 3.05) is 19.9 Å². The van der Waals surface area contributed by atoms with Crippen LogP contribution < -0.4 is 5.73 Å². The Hall–Kier alpha value is -1.55. The number of hydrogen-bond acceptors (Lipinski definition) is 3. The molecule has 1 aromatic rings. The third kappa shape index (κ3) is 2.97. The number of nitrogen functional groups attached to an aromatic ring is 1. The zero-order valence-electron chi connectivity index (χ0n) is 9.93. The molecule has 0 fully saturated rings. The molecule has 0 saturated heterocycles. The summed E-state index contributed by atoms with van der Waals surface area (Å²) in [5.41, 5.74) is 7.46. The van der Waals surface area contributed by atoms with Crippen molar-refractivity contribution in [2.45, 2.75) is 19.6 Å². The van der Waals surface area contributed by atoms with Crippen molar-refractivity contribution < 1.29 is 9.53 Å². The van der Waals surface area contributed by atoms with Crippen molar-refractivity contribution in [3.05, 3.63) is 29.8 Å². The molecule has 0 aliphatic heterocycles. The number of amides is 1. The van der Waals surface area contributed by atoms with E-state index >= 15 is 0 Å². The van der Waals surface area contributed by atoms with Crippen molar-refractivity contribution >= 4 is 11.6 Å². The predicted molar refractivity (Wildman–Crippen MR) is 63.8 cm³/mol. The van der Waals surface area contributed by atoms with Gasteiger partial charge in [-0.1, -0.05) is 18.2 Å². The van der Waals surface area contributed by atoms with Gasteiger partial charge in [-0.15, -0.1) is 0 Å². The minimum Gasteiger partial charge on any atom is -0.398 e. The van der Waals surface area contributed by atoms with E-state index in [9.17, 15) is 4.79 Å². The second kappa shape index (κ2) is 5.51. The van der Waals surface area contributed by atoms with Crippen LogP contribution in [0.5, 0.6) is 0 Å². The summed E-state index contributed by atoms with van der Waals surface area (Å²) in [6.07, 6.45) is -0.421. The number of carbonyl (C=O) groups excluding carboxylic acids is 1. The largest absolute Gasteiger partial charge is 0.398 e. The Morgan fingerprint density at radius 3 is 2.69 bits per heavy atom. The summed E-state index contributed by atoms with van der Waals surface area (Å²) in [5, 5.41) is 0. The van der Waals surface area contributed by atoms with Gasteiger partial charge in [-0.3, -0.25) is 4.79 Å². The first kappa shape index (κ1) is 12.5. The van der Waals surface area contributed by atoms with Crippen LogP contribution in [0.1, 0.15) is 12.5 Å². The van der Waals surface area contributed by atoms with Crippen LogP contribution in [0.15, 0.2) is 24.3 Å². The third-order valence-electron chi connectivity index (χ3n) is 2.54. The molecule has 1 amide bonds. The smallest absolute Gasteiger partial charge is 0.251 e. The standard InChI is InChI=1S/C12H18N2O2/c1-9(16-3)12(15)14(2)8-10-6-4-5-7-11(10)13/h4-7,9H,8,13H2,1-3H3. The molecule has 16 heavy (non-hydrogen) atoms. The summed E-state index contributed by atoms with van der Waals surface area (Å²) >= 11 is 0. The molecule has 2 N–H and O–H groups in total. The van der Waals surface area contributed by atoms with Crippen LogP contribution in [-0.4, -0.2) is 31.1 Å². The number of carbonyl (C=O) groups is 1. The quantitative estimate of drug-likeness (QED) is 0.780. The Morgan fingerprint density at radius 1 is 1.50 bits per heavy atom. The Morgan fingerprint density at radius 2 is 2.12 bits per heavy atom. The summed E-state index contributed by atoms with van der Waals surface area (Å²) in [4.78, 5) is 13.4. The van der Waals surface area contributed by atoms with E-state index in [1.165, 1.54) is 7.11 Å². The minimum absolute atomic E-state index is 0.0502. The van der Waals surface area contributed by atoms with E-state index in [1.54, 1.807) is 18.9 Å². The predicted octanol–water partition coefficient (Wildman–Crippen LogP) is 1.26. The molecule has 1 unspecified atom stereocenters. The van der Waals surface area contributed by atoms with Crippen molar-refractivity contribution in [1.82, 2.24) is 4.90 Å². The maximum atomic E-state index is 11.7. The lowest BCUT2D eigenvalue weighted by atomic mass is 10.1. The van der Waals surface area contributed by atoms with Crippen LogP contribution in [0.3, 0.4) is 0 Å². The van der Waals surface area contributed by atoms with E-state index in [0.717, 1.165) is 5.56 Å². The number of nitrogens with zero attached hydrogens (tertiary/aromatic N) is 1. The van der Waals surface area contributed by atoms with Gasteiger partial charge in [-0.05, 0) is 18.6 Å². The van der Waals surface area contributed by atoms with Gasteiger partial charge in [0.05, 0.1) is 0 Å². The third-order valence-corrected chi connectivity index (χ3v) is 2.54. The maximum absolute atomic E-state index is 11.7. The highest BCUT2D eigenvalue weighted by Crippen LogP contribution is 2.13. The number of benzene rings is 1. The molecule has 0 heterocycles. The number of anilines is 1. The maximum Gasteiger partial charge on any atom is 0.251 e. The summed E-state index contributed by atoms with van der Waals surface area (Å²) < 4.78 is 4.98. The van der Waals surface area contributed by atoms with Gasteiger partial charge < -0.3 is 15.4 Å². The van der Waals surface area contributed by atoms with E-state index in [4.69, 9.17) is 10.5 Å². The fraction of sp³-hybridized carbons (Fsp3) is 0.417. The van der Waals surface area contributed by atoms with Gasteiger partial charge in [0.2, 0.25) is 0 Å². The highest BCUT2D eigenvalue weighted by atomic mass is 16.5. The van der Waals surface area contributed by atoms with Crippen molar-refractivity contribution in [2.24, 2.45) is 0 Å². The molecule has 1 atom stereocenters. The lowest BCUT2D eigenvalue weighted by Crippen LogP contribution is -2.35. The van der Waals surface area contributed by atoms with Gasteiger partial charge in [0, 0.05) is 26.4 Å².